The molecule has 1 aliphatic rings. The fraction of sp³-hybridized carbons (Fsp3) is 0.409. The Labute approximate surface area is 156 Å². The van der Waals surface area contributed by atoms with Gasteiger partial charge in [-0.1, -0.05) is 49.4 Å². The topological polar surface area (TPSA) is 50.4 Å². The molecule has 0 heterocycles. The first-order valence-corrected chi connectivity index (χ1v) is 9.47. The van der Waals surface area contributed by atoms with E-state index in [4.69, 9.17) is 4.74 Å². The number of carbonyl (C=O) groups excluding carboxylic acids is 1. The van der Waals surface area contributed by atoms with E-state index in [9.17, 15) is 4.79 Å². The number of hydrogen-bond acceptors (Lipinski definition) is 3. The van der Waals surface area contributed by atoms with Crippen molar-refractivity contribution < 1.29 is 9.53 Å². The predicted octanol–water partition coefficient (Wildman–Crippen LogP) is 3.28. The van der Waals surface area contributed by atoms with Crippen LogP contribution in [0.5, 0.6) is 5.75 Å². The number of hydrogen-bond donors (Lipinski definition) is 2. The van der Waals surface area contributed by atoms with Crippen molar-refractivity contribution in [2.24, 2.45) is 0 Å². The number of carbonyl (C=O) groups is 1. The van der Waals surface area contributed by atoms with Crippen LogP contribution >= 0.6 is 0 Å². The van der Waals surface area contributed by atoms with Gasteiger partial charge in [0, 0.05) is 12.6 Å². The van der Waals surface area contributed by atoms with Crippen LogP contribution in [0, 0.1) is 0 Å². The number of benzene rings is 2. The normalized spacial score (nSPS) is 14.7. The van der Waals surface area contributed by atoms with Crippen molar-refractivity contribution in [2.75, 3.05) is 19.7 Å². The van der Waals surface area contributed by atoms with E-state index in [0.717, 1.165) is 38.1 Å². The van der Waals surface area contributed by atoms with Gasteiger partial charge in [-0.15, -0.1) is 0 Å². The average molecular weight is 352 g/mol. The molecule has 2 N–H and O–H groups in total. The Kier molecular flexibility index (Phi) is 6.67. The predicted molar refractivity (Wildman–Crippen MR) is 105 cm³/mol. The summed E-state index contributed by atoms with van der Waals surface area (Å²) in [4.78, 5) is 11.6. The van der Waals surface area contributed by atoms with Crippen molar-refractivity contribution in [3.05, 3.63) is 65.7 Å². The Morgan fingerprint density at radius 2 is 1.85 bits per heavy atom. The van der Waals surface area contributed by atoms with Crippen molar-refractivity contribution >= 4 is 5.91 Å². The number of rotatable bonds is 10. The minimum Gasteiger partial charge on any atom is -0.484 e. The second-order valence-electron chi connectivity index (χ2n) is 7.04. The monoisotopic (exact) mass is 352 g/mol. The van der Waals surface area contributed by atoms with Gasteiger partial charge in [-0.3, -0.25) is 4.79 Å². The molecule has 0 spiro atoms. The lowest BCUT2D eigenvalue weighted by Gasteiger charge is -2.13. The zero-order chi connectivity index (χ0) is 18.2. The lowest BCUT2D eigenvalue weighted by molar-refractivity contribution is -0.123. The maximum atomic E-state index is 11.6. The first-order valence-electron chi connectivity index (χ1n) is 9.47. The van der Waals surface area contributed by atoms with Crippen molar-refractivity contribution in [2.45, 2.75) is 38.1 Å². The Bertz CT molecular complexity index is 681. The van der Waals surface area contributed by atoms with Crippen LogP contribution in [0.2, 0.25) is 0 Å². The van der Waals surface area contributed by atoms with E-state index in [1.807, 2.05) is 12.1 Å². The summed E-state index contributed by atoms with van der Waals surface area (Å²) in [6.07, 6.45) is 3.17. The second-order valence-corrected chi connectivity index (χ2v) is 7.04. The van der Waals surface area contributed by atoms with E-state index >= 15 is 0 Å². The number of amides is 1. The van der Waals surface area contributed by atoms with E-state index in [0.29, 0.717) is 12.0 Å². The molecule has 1 saturated carbocycles. The van der Waals surface area contributed by atoms with Gasteiger partial charge in [0.25, 0.3) is 5.91 Å². The zero-order valence-corrected chi connectivity index (χ0v) is 15.4. The van der Waals surface area contributed by atoms with Gasteiger partial charge in [0.1, 0.15) is 5.75 Å². The largest absolute Gasteiger partial charge is 0.484 e. The first-order chi connectivity index (χ1) is 12.7. The molecule has 0 radical (unpaired) electrons. The van der Waals surface area contributed by atoms with Crippen LogP contribution in [0.3, 0.4) is 0 Å². The molecule has 3 rings (SSSR count). The van der Waals surface area contributed by atoms with E-state index in [-0.39, 0.29) is 12.5 Å². The molecule has 4 nitrogen and oxygen atoms in total. The van der Waals surface area contributed by atoms with E-state index in [2.05, 4.69) is 60.0 Å². The summed E-state index contributed by atoms with van der Waals surface area (Å²) < 4.78 is 5.53. The molecule has 4 heteroatoms. The molecule has 26 heavy (non-hydrogen) atoms. The summed E-state index contributed by atoms with van der Waals surface area (Å²) in [6.45, 7) is 4.26. The first kappa shape index (κ1) is 18.5. The highest BCUT2D eigenvalue weighted by Crippen LogP contribution is 2.18. The summed E-state index contributed by atoms with van der Waals surface area (Å²) >= 11 is 0. The third-order valence-electron chi connectivity index (χ3n) is 4.65. The third-order valence-corrected chi connectivity index (χ3v) is 4.65. The molecule has 0 aromatic heterocycles. The average Bonchev–Trinajstić information content (AvgIpc) is 3.49. The van der Waals surface area contributed by atoms with Gasteiger partial charge in [-0.25, -0.2) is 0 Å². The smallest absolute Gasteiger partial charge is 0.258 e. The summed E-state index contributed by atoms with van der Waals surface area (Å²) in [6, 6.07) is 19.0. The van der Waals surface area contributed by atoms with Crippen LogP contribution < -0.4 is 15.4 Å². The summed E-state index contributed by atoms with van der Waals surface area (Å²) in [5.74, 6) is 1.22. The number of nitrogens with one attached hydrogen (secondary N) is 2. The second kappa shape index (κ2) is 9.39. The van der Waals surface area contributed by atoms with Gasteiger partial charge in [-0.2, -0.15) is 0 Å². The third kappa shape index (κ3) is 6.19. The van der Waals surface area contributed by atoms with E-state index in [1.54, 1.807) is 0 Å². The van der Waals surface area contributed by atoms with Crippen LogP contribution in [0.4, 0.5) is 0 Å². The van der Waals surface area contributed by atoms with E-state index in [1.165, 1.54) is 11.1 Å². The summed E-state index contributed by atoms with van der Waals surface area (Å²) in [7, 11) is 0. The molecule has 1 aliphatic carbocycles. The Morgan fingerprint density at radius 3 is 2.54 bits per heavy atom. The lowest BCUT2D eigenvalue weighted by Crippen LogP contribution is -2.30. The van der Waals surface area contributed by atoms with Crippen molar-refractivity contribution in [1.82, 2.24) is 10.6 Å². The van der Waals surface area contributed by atoms with Gasteiger partial charge < -0.3 is 15.4 Å². The highest BCUT2D eigenvalue weighted by Gasteiger charge is 2.23. The number of ether oxygens (including phenoxy) is 1. The van der Waals surface area contributed by atoms with Crippen LogP contribution in [-0.2, 0) is 11.2 Å². The van der Waals surface area contributed by atoms with Crippen LogP contribution in [0.25, 0.3) is 0 Å². The van der Waals surface area contributed by atoms with Gasteiger partial charge in [-0.05, 0) is 55.0 Å². The highest BCUT2D eigenvalue weighted by molar-refractivity contribution is 5.78. The van der Waals surface area contributed by atoms with E-state index < -0.39 is 0 Å². The molecule has 2 aromatic rings. The Morgan fingerprint density at radius 1 is 1.12 bits per heavy atom. The molecule has 1 atom stereocenters. The van der Waals surface area contributed by atoms with Crippen molar-refractivity contribution in [1.29, 1.82) is 0 Å². The molecular weight excluding hydrogens is 324 g/mol. The maximum Gasteiger partial charge on any atom is 0.258 e. The minimum atomic E-state index is -0.0340. The maximum absolute atomic E-state index is 11.6. The SMILES string of the molecule is CC(CNCCc1ccc(OCC(=O)NC2CC2)cc1)c1ccccc1. The Balaban J connectivity index is 1.33. The molecule has 138 valence electrons. The molecule has 1 unspecified atom stereocenters. The fourth-order valence-electron chi connectivity index (χ4n) is 2.85. The molecule has 0 saturated heterocycles. The summed E-state index contributed by atoms with van der Waals surface area (Å²) in [5, 5.41) is 6.45. The van der Waals surface area contributed by atoms with Crippen LogP contribution in [-0.4, -0.2) is 31.6 Å². The van der Waals surface area contributed by atoms with Gasteiger partial charge in [0.2, 0.25) is 0 Å². The molecule has 0 bridgehead atoms. The van der Waals surface area contributed by atoms with Gasteiger partial charge in [0.05, 0.1) is 0 Å². The molecule has 1 fully saturated rings. The fourth-order valence-corrected chi connectivity index (χ4v) is 2.85. The lowest BCUT2D eigenvalue weighted by atomic mass is 10.0. The molecule has 2 aromatic carbocycles. The van der Waals surface area contributed by atoms with Gasteiger partial charge >= 0.3 is 0 Å². The van der Waals surface area contributed by atoms with Crippen LogP contribution in [0.15, 0.2) is 54.6 Å². The van der Waals surface area contributed by atoms with Crippen LogP contribution in [0.1, 0.15) is 36.8 Å². The Hall–Kier alpha value is -2.33. The highest BCUT2D eigenvalue weighted by atomic mass is 16.5. The summed E-state index contributed by atoms with van der Waals surface area (Å²) in [5.41, 5.74) is 2.63. The minimum absolute atomic E-state index is 0.0340. The molecule has 1 amide bonds. The molecular formula is C22H28N2O2. The standard InChI is InChI=1S/C22H28N2O2/c1-17(19-5-3-2-4-6-19)15-23-14-13-18-7-11-21(12-8-18)26-16-22(25)24-20-9-10-20/h2-8,11-12,17,20,23H,9-10,13-16H2,1H3,(H,24,25). The van der Waals surface area contributed by atoms with Gasteiger partial charge in [0.15, 0.2) is 6.61 Å². The quantitative estimate of drug-likeness (QED) is 0.645. The van der Waals surface area contributed by atoms with Crippen molar-refractivity contribution in [3.63, 3.8) is 0 Å². The zero-order valence-electron chi connectivity index (χ0n) is 15.4. The molecule has 0 aliphatic heterocycles. The van der Waals surface area contributed by atoms with Crippen molar-refractivity contribution in [3.8, 4) is 5.75 Å².